The highest BCUT2D eigenvalue weighted by Gasteiger charge is 2.05. The van der Waals surface area contributed by atoms with E-state index < -0.39 is 0 Å². The van der Waals surface area contributed by atoms with Crippen molar-refractivity contribution >= 4 is 11.6 Å². The second-order valence-electron chi connectivity index (χ2n) is 4.81. The Hall–Kier alpha value is -1.32. The summed E-state index contributed by atoms with van der Waals surface area (Å²) in [6, 6.07) is 7.15. The summed E-state index contributed by atoms with van der Waals surface area (Å²) >= 11 is 5.67. The van der Waals surface area contributed by atoms with Gasteiger partial charge in [0, 0.05) is 25.0 Å². The Morgan fingerprint density at radius 1 is 1.32 bits per heavy atom. The van der Waals surface area contributed by atoms with Crippen molar-refractivity contribution in [2.75, 3.05) is 0 Å². The summed E-state index contributed by atoms with van der Waals surface area (Å²) in [5.74, 6) is -0.375. The van der Waals surface area contributed by atoms with Crippen molar-refractivity contribution < 1.29 is 4.39 Å². The van der Waals surface area contributed by atoms with E-state index in [0.29, 0.717) is 6.54 Å². The van der Waals surface area contributed by atoms with Gasteiger partial charge in [0.05, 0.1) is 5.02 Å². The normalized spacial score (nSPS) is 12.6. The van der Waals surface area contributed by atoms with Crippen molar-refractivity contribution in [2.45, 2.75) is 32.4 Å². The maximum atomic E-state index is 13.3. The molecule has 0 radical (unpaired) electrons. The standard InChI is InChI=1S/C15H18ClFN2/c1-2-13(18)7-12-5-6-19(10-12)9-11-3-4-14(16)15(17)8-11/h3-6,8,10,13H,2,7,9,18H2,1H3. The molecule has 0 aliphatic carbocycles. The van der Waals surface area contributed by atoms with Crippen LogP contribution in [0.3, 0.4) is 0 Å². The molecule has 0 aliphatic rings. The lowest BCUT2D eigenvalue weighted by Gasteiger charge is -2.06. The number of nitrogens with zero attached hydrogens (tertiary/aromatic N) is 1. The maximum absolute atomic E-state index is 13.3. The molecular formula is C15H18ClFN2. The smallest absolute Gasteiger partial charge is 0.142 e. The fourth-order valence-electron chi connectivity index (χ4n) is 2.01. The first kappa shape index (κ1) is 14.1. The molecule has 2 rings (SSSR count). The van der Waals surface area contributed by atoms with Crippen molar-refractivity contribution in [3.63, 3.8) is 0 Å². The maximum Gasteiger partial charge on any atom is 0.142 e. The first-order chi connectivity index (χ1) is 9.08. The SMILES string of the molecule is CCC(N)Cc1ccn(Cc2ccc(Cl)c(F)c2)c1. The van der Waals surface area contributed by atoms with Crippen molar-refractivity contribution in [3.8, 4) is 0 Å². The van der Waals surface area contributed by atoms with E-state index in [-0.39, 0.29) is 16.9 Å². The Morgan fingerprint density at radius 2 is 2.11 bits per heavy atom. The topological polar surface area (TPSA) is 30.9 Å². The van der Waals surface area contributed by atoms with E-state index in [9.17, 15) is 4.39 Å². The zero-order valence-electron chi connectivity index (χ0n) is 10.9. The van der Waals surface area contributed by atoms with Crippen molar-refractivity contribution in [2.24, 2.45) is 5.73 Å². The number of hydrogen-bond acceptors (Lipinski definition) is 1. The highest BCUT2D eigenvalue weighted by Crippen LogP contribution is 2.17. The van der Waals surface area contributed by atoms with Gasteiger partial charge in [0.1, 0.15) is 5.82 Å². The predicted molar refractivity (Wildman–Crippen MR) is 76.9 cm³/mol. The van der Waals surface area contributed by atoms with Crippen LogP contribution in [-0.4, -0.2) is 10.6 Å². The molecule has 2 aromatic rings. The monoisotopic (exact) mass is 280 g/mol. The number of rotatable bonds is 5. The van der Waals surface area contributed by atoms with Crippen molar-refractivity contribution in [1.29, 1.82) is 0 Å². The van der Waals surface area contributed by atoms with Crippen LogP contribution in [0.5, 0.6) is 0 Å². The zero-order chi connectivity index (χ0) is 13.8. The Morgan fingerprint density at radius 3 is 2.79 bits per heavy atom. The van der Waals surface area contributed by atoms with Crippen LogP contribution in [-0.2, 0) is 13.0 Å². The zero-order valence-corrected chi connectivity index (χ0v) is 11.7. The Labute approximate surface area is 118 Å². The summed E-state index contributed by atoms with van der Waals surface area (Å²) in [6.07, 6.45) is 5.89. The Balaban J connectivity index is 2.05. The van der Waals surface area contributed by atoms with Gasteiger partial charge in [-0.05, 0) is 42.2 Å². The van der Waals surface area contributed by atoms with E-state index in [4.69, 9.17) is 17.3 Å². The molecule has 0 saturated heterocycles. The van der Waals surface area contributed by atoms with Crippen LogP contribution in [0.1, 0.15) is 24.5 Å². The molecule has 1 aromatic heterocycles. The Bertz CT molecular complexity index is 551. The summed E-state index contributed by atoms with van der Waals surface area (Å²) in [6.45, 7) is 2.72. The van der Waals surface area contributed by atoms with Crippen molar-refractivity contribution in [3.05, 3.63) is 58.6 Å². The third-order valence-corrected chi connectivity index (χ3v) is 3.49. The molecule has 0 bridgehead atoms. The average Bonchev–Trinajstić information content (AvgIpc) is 2.81. The van der Waals surface area contributed by atoms with Gasteiger partial charge in [0.25, 0.3) is 0 Å². The molecule has 1 unspecified atom stereocenters. The van der Waals surface area contributed by atoms with E-state index in [1.807, 2.05) is 16.8 Å². The van der Waals surface area contributed by atoms with E-state index in [2.05, 4.69) is 19.2 Å². The number of nitrogens with two attached hydrogens (primary N) is 1. The summed E-state index contributed by atoms with van der Waals surface area (Å²) < 4.78 is 15.4. The van der Waals surface area contributed by atoms with Gasteiger partial charge < -0.3 is 10.3 Å². The van der Waals surface area contributed by atoms with Gasteiger partial charge in [-0.3, -0.25) is 0 Å². The Kier molecular flexibility index (Phi) is 4.61. The first-order valence-corrected chi connectivity index (χ1v) is 6.80. The summed E-state index contributed by atoms with van der Waals surface area (Å²) in [7, 11) is 0. The molecule has 2 N–H and O–H groups in total. The molecule has 19 heavy (non-hydrogen) atoms. The van der Waals surface area contributed by atoms with Crippen LogP contribution in [0.4, 0.5) is 4.39 Å². The van der Waals surface area contributed by atoms with Gasteiger partial charge in [-0.15, -0.1) is 0 Å². The lowest BCUT2D eigenvalue weighted by atomic mass is 10.1. The third kappa shape index (κ3) is 3.82. The second-order valence-corrected chi connectivity index (χ2v) is 5.22. The van der Waals surface area contributed by atoms with Crippen LogP contribution in [0.2, 0.25) is 5.02 Å². The van der Waals surface area contributed by atoms with Gasteiger partial charge in [-0.1, -0.05) is 24.6 Å². The van der Waals surface area contributed by atoms with E-state index >= 15 is 0 Å². The quantitative estimate of drug-likeness (QED) is 0.891. The molecule has 0 fully saturated rings. The lowest BCUT2D eigenvalue weighted by molar-refractivity contribution is 0.623. The van der Waals surface area contributed by atoms with Gasteiger partial charge in [-0.25, -0.2) is 4.39 Å². The molecule has 2 nitrogen and oxygen atoms in total. The van der Waals surface area contributed by atoms with E-state index in [1.54, 1.807) is 6.07 Å². The van der Waals surface area contributed by atoms with Crippen LogP contribution < -0.4 is 5.73 Å². The van der Waals surface area contributed by atoms with Gasteiger partial charge in [0.2, 0.25) is 0 Å². The molecule has 1 atom stereocenters. The van der Waals surface area contributed by atoms with Crippen LogP contribution in [0, 0.1) is 5.82 Å². The van der Waals surface area contributed by atoms with Crippen LogP contribution >= 0.6 is 11.6 Å². The van der Waals surface area contributed by atoms with E-state index in [0.717, 1.165) is 18.4 Å². The van der Waals surface area contributed by atoms with Crippen LogP contribution in [0.15, 0.2) is 36.7 Å². The molecule has 102 valence electrons. The minimum atomic E-state index is -0.375. The number of benzene rings is 1. The highest BCUT2D eigenvalue weighted by atomic mass is 35.5. The van der Waals surface area contributed by atoms with Gasteiger partial charge in [0.15, 0.2) is 0 Å². The minimum Gasteiger partial charge on any atom is -0.350 e. The van der Waals surface area contributed by atoms with Gasteiger partial charge >= 0.3 is 0 Å². The lowest BCUT2D eigenvalue weighted by Crippen LogP contribution is -2.21. The highest BCUT2D eigenvalue weighted by molar-refractivity contribution is 6.30. The number of halogens is 2. The third-order valence-electron chi connectivity index (χ3n) is 3.18. The van der Waals surface area contributed by atoms with Crippen LogP contribution in [0.25, 0.3) is 0 Å². The molecule has 4 heteroatoms. The first-order valence-electron chi connectivity index (χ1n) is 6.42. The van der Waals surface area contributed by atoms with Gasteiger partial charge in [-0.2, -0.15) is 0 Å². The summed E-state index contributed by atoms with van der Waals surface area (Å²) in [5, 5.41) is 0.158. The fraction of sp³-hybridized carbons (Fsp3) is 0.333. The van der Waals surface area contributed by atoms with E-state index in [1.165, 1.54) is 11.6 Å². The molecule has 0 spiro atoms. The minimum absolute atomic E-state index is 0.158. The predicted octanol–water partition coefficient (Wildman–Crippen LogP) is 3.61. The second kappa shape index (κ2) is 6.22. The summed E-state index contributed by atoms with van der Waals surface area (Å²) in [4.78, 5) is 0. The molecule has 1 aromatic carbocycles. The molecule has 0 aliphatic heterocycles. The molecule has 0 saturated carbocycles. The molecule has 1 heterocycles. The average molecular weight is 281 g/mol. The number of aromatic nitrogens is 1. The number of hydrogen-bond donors (Lipinski definition) is 1. The largest absolute Gasteiger partial charge is 0.350 e. The summed E-state index contributed by atoms with van der Waals surface area (Å²) in [5.41, 5.74) is 8.03. The van der Waals surface area contributed by atoms with Crippen molar-refractivity contribution in [1.82, 2.24) is 4.57 Å². The molecule has 0 amide bonds. The molecular weight excluding hydrogens is 263 g/mol. The fourth-order valence-corrected chi connectivity index (χ4v) is 2.12.